The molecule has 2 bridgehead atoms. The van der Waals surface area contributed by atoms with Crippen molar-refractivity contribution in [1.29, 1.82) is 0 Å². The van der Waals surface area contributed by atoms with Crippen molar-refractivity contribution in [3.63, 3.8) is 0 Å². The van der Waals surface area contributed by atoms with Gasteiger partial charge in [-0.2, -0.15) is 0 Å². The molecule has 9 heteroatoms. The Kier molecular flexibility index (Phi) is 4.93. The number of furan rings is 1. The lowest BCUT2D eigenvalue weighted by molar-refractivity contribution is -0.128. The van der Waals surface area contributed by atoms with Crippen LogP contribution in [0, 0.1) is 16.7 Å². The number of para-hydroxylation sites is 1. The maximum absolute atomic E-state index is 13.0. The van der Waals surface area contributed by atoms with E-state index in [-0.39, 0.29) is 29.3 Å². The van der Waals surface area contributed by atoms with Crippen LogP contribution in [-0.4, -0.2) is 43.1 Å². The Morgan fingerprint density at radius 1 is 1.31 bits per heavy atom. The number of rotatable bonds is 7. The Balaban J connectivity index is 1.56. The van der Waals surface area contributed by atoms with Crippen molar-refractivity contribution in [3.05, 3.63) is 36.1 Å². The van der Waals surface area contributed by atoms with E-state index in [1.807, 2.05) is 32.0 Å². The number of fused-ring (bicyclic) bond motifs is 3. The van der Waals surface area contributed by atoms with Crippen LogP contribution in [0.5, 0.6) is 0 Å². The number of Topliss-reactive ketones (excluding diaryl/α,β-unsaturated/α-hetero) is 1. The Morgan fingerprint density at radius 2 is 2.03 bits per heavy atom. The Morgan fingerprint density at radius 3 is 2.66 bits per heavy atom. The second kappa shape index (κ2) is 6.94. The number of hydrogen-bond donors (Lipinski definition) is 3. The number of sulfonamides is 1. The van der Waals surface area contributed by atoms with Gasteiger partial charge < -0.3 is 14.5 Å². The summed E-state index contributed by atoms with van der Waals surface area (Å²) in [6.07, 6.45) is 3.39. The Labute approximate surface area is 170 Å². The van der Waals surface area contributed by atoms with Gasteiger partial charge in [-0.1, -0.05) is 32.0 Å². The zero-order chi connectivity index (χ0) is 21.0. The van der Waals surface area contributed by atoms with E-state index in [9.17, 15) is 23.3 Å². The predicted molar refractivity (Wildman–Crippen MR) is 109 cm³/mol. The largest absolute Gasteiger partial charge is 0.471 e. The lowest BCUT2D eigenvalue weighted by Crippen LogP contribution is -2.52. The minimum atomic E-state index is -3.93. The molecule has 2 aliphatic carbocycles. The van der Waals surface area contributed by atoms with Gasteiger partial charge in [0.15, 0.2) is 0 Å². The molecule has 3 N–H and O–H groups in total. The first-order valence-electron chi connectivity index (χ1n) is 9.90. The first kappa shape index (κ1) is 20.6. The second-order valence-corrected chi connectivity index (χ2v) is 10.8. The molecule has 1 aromatic carbocycles. The van der Waals surface area contributed by atoms with Gasteiger partial charge in [0, 0.05) is 17.2 Å². The van der Waals surface area contributed by atoms with Crippen LogP contribution in [0.3, 0.4) is 0 Å². The highest BCUT2D eigenvalue weighted by Gasteiger charge is 2.65. The topological polar surface area (TPSA) is 117 Å². The molecule has 7 nitrogen and oxygen atoms in total. The molecule has 1 aromatic heterocycles. The Bertz CT molecular complexity index is 1050. The highest BCUT2D eigenvalue weighted by molar-refractivity contribution is 7.89. The molecule has 1 heterocycles. The summed E-state index contributed by atoms with van der Waals surface area (Å²) < 4.78 is 33.9. The lowest BCUT2D eigenvalue weighted by Gasteiger charge is -2.36. The molecule has 0 aliphatic heterocycles. The molecule has 3 atom stereocenters. The van der Waals surface area contributed by atoms with Gasteiger partial charge >= 0.3 is 7.12 Å². The average Bonchev–Trinajstić information content (AvgIpc) is 3.20. The molecule has 0 amide bonds. The van der Waals surface area contributed by atoms with Crippen molar-refractivity contribution in [3.8, 4) is 0 Å². The molecule has 0 radical (unpaired) electrons. The van der Waals surface area contributed by atoms with Crippen molar-refractivity contribution >= 4 is 33.9 Å². The summed E-state index contributed by atoms with van der Waals surface area (Å²) in [6.45, 7) is 3.95. The summed E-state index contributed by atoms with van der Waals surface area (Å²) in [5.74, 6) is -1.25. The van der Waals surface area contributed by atoms with E-state index >= 15 is 0 Å². The summed E-state index contributed by atoms with van der Waals surface area (Å²) in [7, 11) is -5.82. The smallest absolute Gasteiger partial charge is 0.464 e. The fourth-order valence-corrected chi connectivity index (χ4v) is 7.42. The standard InChI is InChI=1S/C20H26BNO6S/c1-19(2)14-7-8-20(19,17(23)10-14)12-29(26,27)22-18(21(24)25)9-13-11-28-16-6-4-3-5-15(13)16/h3-6,11,14,18,22,24-25H,7-10,12H2,1-2H3/t14-,18+,20?/m1/s1. The van der Waals surface area contributed by atoms with Crippen LogP contribution >= 0.6 is 0 Å². The van der Waals surface area contributed by atoms with Gasteiger partial charge in [-0.25, -0.2) is 13.1 Å². The first-order valence-corrected chi connectivity index (χ1v) is 11.6. The van der Waals surface area contributed by atoms with E-state index in [4.69, 9.17) is 4.42 Å². The van der Waals surface area contributed by atoms with Gasteiger partial charge in [0.25, 0.3) is 0 Å². The maximum Gasteiger partial charge on any atom is 0.471 e. The highest BCUT2D eigenvalue weighted by atomic mass is 32.2. The second-order valence-electron chi connectivity index (χ2n) is 9.02. The van der Waals surface area contributed by atoms with Gasteiger partial charge in [0.1, 0.15) is 11.4 Å². The molecule has 2 saturated carbocycles. The van der Waals surface area contributed by atoms with Gasteiger partial charge in [-0.15, -0.1) is 0 Å². The molecule has 156 valence electrons. The van der Waals surface area contributed by atoms with E-state index in [0.29, 0.717) is 24.0 Å². The molecule has 1 unspecified atom stereocenters. The number of carbonyl (C=O) groups is 1. The first-order chi connectivity index (χ1) is 13.6. The van der Waals surface area contributed by atoms with E-state index in [2.05, 4.69) is 4.72 Å². The molecule has 2 aromatic rings. The zero-order valence-electron chi connectivity index (χ0n) is 16.6. The number of benzene rings is 1. The van der Waals surface area contributed by atoms with Crippen molar-refractivity contribution in [1.82, 2.24) is 4.72 Å². The van der Waals surface area contributed by atoms with E-state index in [1.165, 1.54) is 6.26 Å². The number of carbonyl (C=O) groups excluding carboxylic acids is 1. The third-order valence-corrected chi connectivity index (χ3v) is 8.80. The fraction of sp³-hybridized carbons (Fsp3) is 0.550. The molecular weight excluding hydrogens is 393 g/mol. The van der Waals surface area contributed by atoms with Crippen molar-refractivity contribution < 1.29 is 27.7 Å². The average molecular weight is 419 g/mol. The fourth-order valence-electron chi connectivity index (χ4n) is 5.34. The Hall–Kier alpha value is -1.68. The zero-order valence-corrected chi connectivity index (χ0v) is 17.4. The number of ketones is 1. The van der Waals surface area contributed by atoms with Gasteiger partial charge in [0.2, 0.25) is 10.0 Å². The summed E-state index contributed by atoms with van der Waals surface area (Å²) in [4.78, 5) is 12.7. The molecule has 4 rings (SSSR count). The quantitative estimate of drug-likeness (QED) is 0.588. The minimum absolute atomic E-state index is 0.00560. The van der Waals surface area contributed by atoms with E-state index in [0.717, 1.165) is 11.8 Å². The monoisotopic (exact) mass is 419 g/mol. The molecular formula is C20H26BNO6S. The highest BCUT2D eigenvalue weighted by Crippen LogP contribution is 2.64. The third-order valence-electron chi connectivity index (χ3n) is 7.27. The number of nitrogens with one attached hydrogen (secondary N) is 1. The van der Waals surface area contributed by atoms with Crippen LogP contribution in [0.2, 0.25) is 0 Å². The van der Waals surface area contributed by atoms with Gasteiger partial charge in [-0.05, 0) is 42.2 Å². The summed E-state index contributed by atoms with van der Waals surface area (Å²) in [6, 6.07) is 7.28. The third kappa shape index (κ3) is 3.34. The summed E-state index contributed by atoms with van der Waals surface area (Å²) in [5.41, 5.74) is 0.0347. The lowest BCUT2D eigenvalue weighted by atomic mass is 9.70. The molecule has 29 heavy (non-hydrogen) atoms. The maximum atomic E-state index is 13.0. The molecule has 0 saturated heterocycles. The van der Waals surface area contributed by atoms with E-state index < -0.39 is 28.5 Å². The van der Waals surface area contributed by atoms with Crippen LogP contribution < -0.4 is 4.72 Å². The van der Waals surface area contributed by atoms with Gasteiger partial charge in [0.05, 0.1) is 18.0 Å². The number of hydrogen-bond acceptors (Lipinski definition) is 6. The van der Waals surface area contributed by atoms with E-state index in [1.54, 1.807) is 6.07 Å². The minimum Gasteiger partial charge on any atom is -0.464 e. The van der Waals surface area contributed by atoms with Crippen molar-refractivity contribution in [2.45, 2.75) is 45.5 Å². The van der Waals surface area contributed by atoms with Crippen molar-refractivity contribution in [2.75, 3.05) is 5.75 Å². The molecule has 2 fully saturated rings. The normalized spacial score (nSPS) is 26.9. The van der Waals surface area contributed by atoms with Crippen LogP contribution in [-0.2, 0) is 21.2 Å². The molecule has 0 spiro atoms. The summed E-state index contributed by atoms with van der Waals surface area (Å²) >= 11 is 0. The van der Waals surface area contributed by atoms with Crippen LogP contribution in [0.25, 0.3) is 11.0 Å². The van der Waals surface area contributed by atoms with Crippen molar-refractivity contribution in [2.24, 2.45) is 16.7 Å². The predicted octanol–water partition coefficient (Wildman–Crippen LogP) is 1.67. The van der Waals surface area contributed by atoms with Crippen LogP contribution in [0.15, 0.2) is 34.9 Å². The summed E-state index contributed by atoms with van der Waals surface area (Å²) in [5, 5.41) is 20.4. The SMILES string of the molecule is CC1(C)[C@@H]2CCC1(CS(=O)(=O)N[C@@H](Cc1coc3ccccc13)B(O)O)C(=O)C2. The molecule has 2 aliphatic rings. The van der Waals surface area contributed by atoms with Crippen LogP contribution in [0.1, 0.15) is 38.7 Å². The van der Waals surface area contributed by atoms with Crippen LogP contribution in [0.4, 0.5) is 0 Å². The van der Waals surface area contributed by atoms with Gasteiger partial charge in [-0.3, -0.25) is 4.79 Å².